The molecular formula is C25H24N4O5S. The zero-order valence-corrected chi connectivity index (χ0v) is 20.1. The van der Waals surface area contributed by atoms with Crippen LogP contribution in [0.2, 0.25) is 0 Å². The van der Waals surface area contributed by atoms with Crippen LogP contribution in [0, 0.1) is 6.92 Å². The predicted octanol–water partition coefficient (Wildman–Crippen LogP) is 3.65. The van der Waals surface area contributed by atoms with E-state index in [1.54, 1.807) is 36.4 Å². The number of carbonyl (C=O) groups excluding carboxylic acids is 2. The van der Waals surface area contributed by atoms with E-state index in [0.29, 0.717) is 41.5 Å². The van der Waals surface area contributed by atoms with E-state index in [2.05, 4.69) is 15.4 Å². The average Bonchev–Trinajstić information content (AvgIpc) is 3.27. The highest BCUT2D eigenvalue weighted by molar-refractivity contribution is 7.16. The number of fused-ring (bicyclic) bond motifs is 1. The molecule has 0 radical (unpaired) electrons. The summed E-state index contributed by atoms with van der Waals surface area (Å²) in [5.41, 5.74) is 1.99. The molecule has 4 rings (SSSR count). The van der Waals surface area contributed by atoms with Crippen molar-refractivity contribution in [2.45, 2.75) is 26.9 Å². The van der Waals surface area contributed by atoms with Crippen LogP contribution in [0.25, 0.3) is 4.96 Å². The molecule has 1 N–H and O–H groups in total. The van der Waals surface area contributed by atoms with Crippen LogP contribution in [0.4, 0.5) is 5.69 Å². The summed E-state index contributed by atoms with van der Waals surface area (Å²) in [5.74, 6) is -0.982. The minimum absolute atomic E-state index is 0.196. The summed E-state index contributed by atoms with van der Waals surface area (Å²) in [5, 5.41) is 7.76. The first-order valence-electron chi connectivity index (χ1n) is 11.0. The number of amides is 1. The van der Waals surface area contributed by atoms with E-state index < -0.39 is 5.97 Å². The topological polar surface area (TPSA) is 112 Å². The Balaban J connectivity index is 1.45. The Bertz CT molecular complexity index is 1410. The number of rotatable bonds is 9. The van der Waals surface area contributed by atoms with E-state index >= 15 is 0 Å². The smallest absolute Gasteiger partial charge is 0.340 e. The zero-order chi connectivity index (χ0) is 24.8. The van der Waals surface area contributed by atoms with Gasteiger partial charge in [0.1, 0.15) is 11.6 Å². The van der Waals surface area contributed by atoms with Crippen LogP contribution < -0.4 is 10.9 Å². The normalized spacial score (nSPS) is 10.9. The van der Waals surface area contributed by atoms with Crippen LogP contribution >= 0.6 is 11.3 Å². The van der Waals surface area contributed by atoms with Gasteiger partial charge < -0.3 is 14.8 Å². The molecule has 2 heterocycles. The van der Waals surface area contributed by atoms with Gasteiger partial charge in [-0.05, 0) is 38.1 Å². The SMILES string of the molecule is CCOCCc1nn2c(=O)cc(COC(=O)c3ccccc3NC(=O)c3ccc(C)cc3)nc2s1. The lowest BCUT2D eigenvalue weighted by atomic mass is 10.1. The number of hydrogen-bond acceptors (Lipinski definition) is 8. The second kappa shape index (κ2) is 11.0. The lowest BCUT2D eigenvalue weighted by Crippen LogP contribution is -2.18. The Kier molecular flexibility index (Phi) is 7.64. The fourth-order valence-electron chi connectivity index (χ4n) is 3.26. The van der Waals surface area contributed by atoms with Gasteiger partial charge in [0.2, 0.25) is 4.96 Å². The Hall–Kier alpha value is -3.89. The maximum atomic E-state index is 12.8. The van der Waals surface area contributed by atoms with Crippen molar-refractivity contribution in [3.8, 4) is 0 Å². The number of nitrogens with zero attached hydrogens (tertiary/aromatic N) is 3. The van der Waals surface area contributed by atoms with Gasteiger partial charge in [-0.1, -0.05) is 41.2 Å². The molecule has 0 aliphatic heterocycles. The van der Waals surface area contributed by atoms with E-state index in [4.69, 9.17) is 9.47 Å². The molecule has 0 atom stereocenters. The Labute approximate surface area is 205 Å². The number of carbonyl (C=O) groups is 2. The number of esters is 1. The predicted molar refractivity (Wildman–Crippen MR) is 132 cm³/mol. The van der Waals surface area contributed by atoms with Gasteiger partial charge in [0.05, 0.1) is 23.6 Å². The first-order valence-corrected chi connectivity index (χ1v) is 11.9. The fourth-order valence-corrected chi connectivity index (χ4v) is 4.16. The van der Waals surface area contributed by atoms with Crippen molar-refractivity contribution in [1.82, 2.24) is 14.6 Å². The number of nitrogens with one attached hydrogen (secondary N) is 1. The minimum atomic E-state index is -0.645. The number of aryl methyl sites for hydroxylation is 1. The molecule has 0 bridgehead atoms. The van der Waals surface area contributed by atoms with Gasteiger partial charge in [0, 0.05) is 24.7 Å². The summed E-state index contributed by atoms with van der Waals surface area (Å²) < 4.78 is 12.0. The van der Waals surface area contributed by atoms with Gasteiger partial charge in [0.25, 0.3) is 11.5 Å². The molecule has 9 nitrogen and oxygen atoms in total. The van der Waals surface area contributed by atoms with E-state index in [0.717, 1.165) is 10.6 Å². The Morgan fingerprint density at radius 1 is 1.11 bits per heavy atom. The highest BCUT2D eigenvalue weighted by Crippen LogP contribution is 2.19. The molecule has 2 aromatic heterocycles. The van der Waals surface area contributed by atoms with Crippen molar-refractivity contribution in [1.29, 1.82) is 0 Å². The third-order valence-corrected chi connectivity index (χ3v) is 6.03. The number of aromatic nitrogens is 3. The lowest BCUT2D eigenvalue weighted by molar-refractivity contribution is 0.0469. The van der Waals surface area contributed by atoms with Crippen LogP contribution in [0.15, 0.2) is 59.4 Å². The van der Waals surface area contributed by atoms with E-state index in [1.807, 2.05) is 26.0 Å². The molecule has 180 valence electrons. The van der Waals surface area contributed by atoms with Crippen molar-refractivity contribution in [3.05, 3.63) is 92.3 Å². The number of benzene rings is 2. The second-order valence-electron chi connectivity index (χ2n) is 7.66. The standard InChI is InChI=1S/C25H24N4O5S/c1-3-33-13-12-21-28-29-22(30)14-18(26-25(29)35-21)15-34-24(32)19-6-4-5-7-20(19)27-23(31)17-10-8-16(2)9-11-17/h4-11,14H,3,12-13,15H2,1-2H3,(H,27,31). The summed E-state index contributed by atoms with van der Waals surface area (Å²) in [7, 11) is 0. The number of para-hydroxylation sites is 1. The molecule has 35 heavy (non-hydrogen) atoms. The van der Waals surface area contributed by atoms with Gasteiger partial charge in [-0.2, -0.15) is 9.61 Å². The maximum Gasteiger partial charge on any atom is 0.340 e. The van der Waals surface area contributed by atoms with Gasteiger partial charge >= 0.3 is 5.97 Å². The third kappa shape index (κ3) is 5.97. The third-order valence-electron chi connectivity index (χ3n) is 5.06. The van der Waals surface area contributed by atoms with Gasteiger partial charge in [-0.25, -0.2) is 9.78 Å². The van der Waals surface area contributed by atoms with Crippen molar-refractivity contribution < 1.29 is 19.1 Å². The molecule has 0 unspecified atom stereocenters. The molecule has 0 aliphatic rings. The average molecular weight is 493 g/mol. The number of hydrogen-bond donors (Lipinski definition) is 1. The first-order chi connectivity index (χ1) is 16.9. The minimum Gasteiger partial charge on any atom is -0.456 e. The van der Waals surface area contributed by atoms with Crippen molar-refractivity contribution in [2.75, 3.05) is 18.5 Å². The van der Waals surface area contributed by atoms with Crippen LogP contribution in [-0.2, 0) is 22.5 Å². The zero-order valence-electron chi connectivity index (χ0n) is 19.3. The van der Waals surface area contributed by atoms with Crippen LogP contribution in [0.3, 0.4) is 0 Å². The molecule has 2 aromatic carbocycles. The number of ether oxygens (including phenoxy) is 2. The van der Waals surface area contributed by atoms with Crippen LogP contribution in [0.5, 0.6) is 0 Å². The highest BCUT2D eigenvalue weighted by Gasteiger charge is 2.17. The molecule has 0 fully saturated rings. The maximum absolute atomic E-state index is 12.8. The summed E-state index contributed by atoms with van der Waals surface area (Å²) in [6, 6.07) is 15.0. The lowest BCUT2D eigenvalue weighted by Gasteiger charge is -2.11. The summed E-state index contributed by atoms with van der Waals surface area (Å²) in [6.45, 7) is 4.77. The fraction of sp³-hybridized carbons (Fsp3) is 0.240. The van der Waals surface area contributed by atoms with E-state index in [9.17, 15) is 14.4 Å². The van der Waals surface area contributed by atoms with Crippen molar-refractivity contribution in [2.24, 2.45) is 0 Å². The van der Waals surface area contributed by atoms with Gasteiger partial charge in [0.15, 0.2) is 0 Å². The Morgan fingerprint density at radius 3 is 2.66 bits per heavy atom. The Morgan fingerprint density at radius 2 is 1.89 bits per heavy atom. The van der Waals surface area contributed by atoms with Gasteiger partial charge in [-0.15, -0.1) is 0 Å². The molecule has 0 spiro atoms. The summed E-state index contributed by atoms with van der Waals surface area (Å²) >= 11 is 1.29. The summed E-state index contributed by atoms with van der Waals surface area (Å²) in [4.78, 5) is 42.6. The molecule has 0 saturated carbocycles. The molecule has 1 amide bonds. The van der Waals surface area contributed by atoms with Crippen molar-refractivity contribution >= 4 is 33.9 Å². The van der Waals surface area contributed by atoms with Gasteiger partial charge in [-0.3, -0.25) is 9.59 Å². The molecule has 0 saturated heterocycles. The second-order valence-corrected chi connectivity index (χ2v) is 8.71. The molecular weight excluding hydrogens is 468 g/mol. The van der Waals surface area contributed by atoms with Crippen LogP contribution in [0.1, 0.15) is 43.9 Å². The number of anilines is 1. The quantitative estimate of drug-likeness (QED) is 0.280. The van der Waals surface area contributed by atoms with Crippen molar-refractivity contribution in [3.63, 3.8) is 0 Å². The highest BCUT2D eigenvalue weighted by atomic mass is 32.1. The van der Waals surface area contributed by atoms with E-state index in [-0.39, 0.29) is 23.6 Å². The summed E-state index contributed by atoms with van der Waals surface area (Å²) in [6.07, 6.45) is 0.580. The molecule has 0 aliphatic carbocycles. The first kappa shape index (κ1) is 24.2. The van der Waals surface area contributed by atoms with Crippen LogP contribution in [-0.4, -0.2) is 39.7 Å². The largest absolute Gasteiger partial charge is 0.456 e. The molecule has 4 aromatic rings. The monoisotopic (exact) mass is 492 g/mol. The van der Waals surface area contributed by atoms with E-state index in [1.165, 1.54) is 21.9 Å². The molecule has 10 heteroatoms.